The van der Waals surface area contributed by atoms with Crippen LogP contribution in [0.5, 0.6) is 11.5 Å². The highest BCUT2D eigenvalue weighted by Crippen LogP contribution is 2.39. The topological polar surface area (TPSA) is 55.8 Å². The summed E-state index contributed by atoms with van der Waals surface area (Å²) in [4.78, 5) is 25.2. The second-order valence-corrected chi connectivity index (χ2v) is 7.63. The van der Waals surface area contributed by atoms with Crippen molar-refractivity contribution >= 4 is 44.9 Å². The van der Waals surface area contributed by atoms with Crippen molar-refractivity contribution in [3.8, 4) is 11.5 Å². The van der Waals surface area contributed by atoms with E-state index in [9.17, 15) is 9.59 Å². The molecule has 0 atom stereocenters. The van der Waals surface area contributed by atoms with Crippen molar-refractivity contribution < 1.29 is 19.1 Å². The third-order valence-corrected chi connectivity index (χ3v) is 5.39. The Morgan fingerprint density at radius 2 is 1.89 bits per heavy atom. The number of imide groups is 1. The van der Waals surface area contributed by atoms with Crippen LogP contribution < -0.4 is 9.47 Å². The van der Waals surface area contributed by atoms with Crippen LogP contribution in [0, 0.1) is 0 Å². The summed E-state index contributed by atoms with van der Waals surface area (Å²) in [7, 11) is 1.47. The van der Waals surface area contributed by atoms with Gasteiger partial charge in [0.2, 0.25) is 0 Å². The van der Waals surface area contributed by atoms with Gasteiger partial charge in [0.05, 0.1) is 16.0 Å². The van der Waals surface area contributed by atoms with E-state index in [0.717, 1.165) is 27.8 Å². The molecule has 0 aromatic heterocycles. The fourth-order valence-electron chi connectivity index (χ4n) is 2.50. The van der Waals surface area contributed by atoms with Gasteiger partial charge in [-0.05, 0) is 64.0 Å². The predicted molar refractivity (Wildman–Crippen MR) is 110 cm³/mol. The zero-order valence-electron chi connectivity index (χ0n) is 14.9. The van der Waals surface area contributed by atoms with Gasteiger partial charge in [-0.3, -0.25) is 14.5 Å². The maximum absolute atomic E-state index is 12.1. The average Bonchev–Trinajstić information content (AvgIpc) is 2.89. The molecule has 1 saturated heterocycles. The minimum Gasteiger partial charge on any atom is -0.490 e. The Balaban J connectivity index is 1.88. The lowest BCUT2D eigenvalue weighted by molar-refractivity contribution is -0.121. The van der Waals surface area contributed by atoms with Crippen molar-refractivity contribution in [2.24, 2.45) is 0 Å². The van der Waals surface area contributed by atoms with Gasteiger partial charge in [-0.25, -0.2) is 0 Å². The summed E-state index contributed by atoms with van der Waals surface area (Å²) in [5, 5.41) is -0.279. The lowest BCUT2D eigenvalue weighted by Crippen LogP contribution is -2.22. The Labute approximate surface area is 170 Å². The average molecular weight is 448 g/mol. The van der Waals surface area contributed by atoms with Crippen molar-refractivity contribution in [1.82, 2.24) is 4.90 Å². The van der Waals surface area contributed by atoms with Crippen molar-refractivity contribution in [2.45, 2.75) is 13.5 Å². The van der Waals surface area contributed by atoms with Crippen LogP contribution in [0.4, 0.5) is 4.79 Å². The summed E-state index contributed by atoms with van der Waals surface area (Å²) in [6.07, 6.45) is 1.68. The summed E-state index contributed by atoms with van der Waals surface area (Å²) < 4.78 is 12.4. The van der Waals surface area contributed by atoms with E-state index in [-0.39, 0.29) is 11.1 Å². The number of ether oxygens (including phenoxy) is 2. The highest BCUT2D eigenvalue weighted by Gasteiger charge is 2.31. The van der Waals surface area contributed by atoms with E-state index in [1.54, 1.807) is 12.1 Å². The minimum atomic E-state index is -0.302. The molecule has 2 amide bonds. The number of hydrogen-bond acceptors (Lipinski definition) is 5. The molecule has 2 aromatic rings. The van der Waals surface area contributed by atoms with Crippen LogP contribution in [0.25, 0.3) is 6.08 Å². The molecule has 3 rings (SSSR count). The largest absolute Gasteiger partial charge is 0.490 e. The molecule has 0 radical (unpaired) electrons. The van der Waals surface area contributed by atoms with Gasteiger partial charge in [0.25, 0.3) is 11.1 Å². The maximum Gasteiger partial charge on any atom is 0.293 e. The SMILES string of the molecule is CCOc1cc(/C=C2\SC(=O)N(C)C2=O)cc(Br)c1OCc1ccccc1. The van der Waals surface area contributed by atoms with E-state index >= 15 is 0 Å². The zero-order chi connectivity index (χ0) is 19.4. The molecule has 0 N–H and O–H groups in total. The van der Waals surface area contributed by atoms with Gasteiger partial charge in [0.15, 0.2) is 11.5 Å². The highest BCUT2D eigenvalue weighted by atomic mass is 79.9. The molecule has 140 valence electrons. The first-order valence-corrected chi connectivity index (χ1v) is 9.95. The number of carbonyl (C=O) groups is 2. The first-order chi connectivity index (χ1) is 13.0. The standard InChI is InChI=1S/C20H18BrNO4S/c1-3-25-16-10-14(11-17-19(23)22(2)20(24)27-17)9-15(21)18(16)26-12-13-7-5-4-6-8-13/h4-11H,3,12H2,1-2H3/b17-11-. The molecule has 0 spiro atoms. The fraction of sp³-hybridized carbons (Fsp3) is 0.200. The molecule has 27 heavy (non-hydrogen) atoms. The van der Waals surface area contributed by atoms with Crippen LogP contribution >= 0.6 is 27.7 Å². The molecule has 0 aliphatic carbocycles. The van der Waals surface area contributed by atoms with E-state index in [2.05, 4.69) is 15.9 Å². The summed E-state index contributed by atoms with van der Waals surface area (Å²) in [5.74, 6) is 0.870. The number of benzene rings is 2. The van der Waals surface area contributed by atoms with Gasteiger partial charge in [-0.2, -0.15) is 0 Å². The molecule has 1 aliphatic heterocycles. The second kappa shape index (κ2) is 8.63. The Hall–Kier alpha value is -2.25. The molecule has 0 unspecified atom stereocenters. The molecule has 1 fully saturated rings. The van der Waals surface area contributed by atoms with Crippen molar-refractivity contribution in [2.75, 3.05) is 13.7 Å². The van der Waals surface area contributed by atoms with E-state index in [1.165, 1.54) is 7.05 Å². The minimum absolute atomic E-state index is 0.279. The van der Waals surface area contributed by atoms with E-state index in [4.69, 9.17) is 9.47 Å². The normalized spacial score (nSPS) is 15.5. The summed E-state index contributed by atoms with van der Waals surface area (Å²) >= 11 is 4.45. The fourth-order valence-corrected chi connectivity index (χ4v) is 3.90. The lowest BCUT2D eigenvalue weighted by Gasteiger charge is -2.15. The monoisotopic (exact) mass is 447 g/mol. The summed E-state index contributed by atoms with van der Waals surface area (Å²) in [6, 6.07) is 13.5. The molecule has 5 nitrogen and oxygen atoms in total. The molecule has 0 saturated carbocycles. The molecule has 1 aliphatic rings. The van der Waals surface area contributed by atoms with Gasteiger partial charge in [-0.1, -0.05) is 30.3 Å². The highest BCUT2D eigenvalue weighted by molar-refractivity contribution is 9.10. The second-order valence-electron chi connectivity index (χ2n) is 5.78. The number of likely N-dealkylation sites (N-methyl/N-ethyl adjacent to an activating group) is 1. The maximum atomic E-state index is 12.1. The molecule has 7 heteroatoms. The third kappa shape index (κ3) is 4.54. The van der Waals surface area contributed by atoms with Crippen molar-refractivity contribution in [1.29, 1.82) is 0 Å². The Bertz CT molecular complexity index is 898. The van der Waals surface area contributed by atoms with E-state index < -0.39 is 0 Å². The van der Waals surface area contributed by atoms with Gasteiger partial charge < -0.3 is 9.47 Å². The van der Waals surface area contributed by atoms with Crippen LogP contribution in [0.15, 0.2) is 51.8 Å². The smallest absolute Gasteiger partial charge is 0.293 e. The van der Waals surface area contributed by atoms with Crippen LogP contribution in [0.2, 0.25) is 0 Å². The Kier molecular flexibility index (Phi) is 6.23. The van der Waals surface area contributed by atoms with Crippen LogP contribution in [0.3, 0.4) is 0 Å². The quantitative estimate of drug-likeness (QED) is 0.576. The molecular weight excluding hydrogens is 430 g/mol. The van der Waals surface area contributed by atoms with Gasteiger partial charge in [0.1, 0.15) is 6.61 Å². The number of amides is 2. The number of rotatable bonds is 6. The molecule has 1 heterocycles. The van der Waals surface area contributed by atoms with Crippen LogP contribution in [-0.2, 0) is 11.4 Å². The number of thioether (sulfide) groups is 1. The first kappa shape index (κ1) is 19.5. The molecule has 0 bridgehead atoms. The van der Waals surface area contributed by atoms with Gasteiger partial charge >= 0.3 is 0 Å². The Morgan fingerprint density at radius 3 is 2.52 bits per heavy atom. The van der Waals surface area contributed by atoms with Crippen LogP contribution in [0.1, 0.15) is 18.1 Å². The predicted octanol–water partition coefficient (Wildman–Crippen LogP) is 5.09. The summed E-state index contributed by atoms with van der Waals surface area (Å²) in [5.41, 5.74) is 1.80. The number of nitrogens with zero attached hydrogens (tertiary/aromatic N) is 1. The first-order valence-electron chi connectivity index (χ1n) is 8.34. The Morgan fingerprint density at radius 1 is 1.15 bits per heavy atom. The number of carbonyl (C=O) groups excluding carboxylic acids is 2. The van der Waals surface area contributed by atoms with Crippen molar-refractivity contribution in [3.63, 3.8) is 0 Å². The number of hydrogen-bond donors (Lipinski definition) is 0. The van der Waals surface area contributed by atoms with E-state index in [1.807, 2.05) is 43.3 Å². The molecular formula is C20H18BrNO4S. The lowest BCUT2D eigenvalue weighted by atomic mass is 10.1. The van der Waals surface area contributed by atoms with Gasteiger partial charge in [0, 0.05) is 7.05 Å². The van der Waals surface area contributed by atoms with Crippen molar-refractivity contribution in [3.05, 3.63) is 63.0 Å². The van der Waals surface area contributed by atoms with Gasteiger partial charge in [-0.15, -0.1) is 0 Å². The zero-order valence-corrected chi connectivity index (χ0v) is 17.3. The van der Waals surface area contributed by atoms with E-state index in [0.29, 0.717) is 34.1 Å². The summed E-state index contributed by atoms with van der Waals surface area (Å²) in [6.45, 7) is 2.78. The van der Waals surface area contributed by atoms with Crippen LogP contribution in [-0.4, -0.2) is 29.7 Å². The third-order valence-electron chi connectivity index (χ3n) is 3.84. The number of halogens is 1. The molecule has 2 aromatic carbocycles.